The lowest BCUT2D eigenvalue weighted by molar-refractivity contribution is -0.143. The lowest BCUT2D eigenvalue weighted by Crippen LogP contribution is -2.40. The number of hydrogen-bond donors (Lipinski definition) is 1. The van der Waals surface area contributed by atoms with E-state index in [0.29, 0.717) is 25.1 Å². The predicted octanol–water partition coefficient (Wildman–Crippen LogP) is 4.34. The molecule has 1 aliphatic rings. The number of amides is 3. The van der Waals surface area contributed by atoms with Gasteiger partial charge in [-0.25, -0.2) is 0 Å². The molecule has 3 amide bonds. The van der Waals surface area contributed by atoms with Gasteiger partial charge in [-0.15, -0.1) is 12.3 Å². The molecule has 31 heavy (non-hydrogen) atoms. The van der Waals surface area contributed by atoms with Crippen molar-refractivity contribution < 1.29 is 19.1 Å². The standard InChI is InChI=1S/C25H40N2O4/c1-5-7-9-11-15-20(3)25(30)26-18-14-13-16-21-22(31-4)19-24(29)27(21)23(28)17-12-10-8-6-2/h1,19-21H,6-18H2,2-4H3,(H,26,30)/t20-,21?/m0/s1. The normalized spacial score (nSPS) is 16.6. The first-order valence-corrected chi connectivity index (χ1v) is 11.8. The number of nitrogens with one attached hydrogen (secondary N) is 1. The van der Waals surface area contributed by atoms with Gasteiger partial charge in [-0.05, 0) is 38.5 Å². The number of unbranched alkanes of at least 4 members (excludes halogenated alkanes) is 6. The quantitative estimate of drug-likeness (QED) is 0.291. The fourth-order valence-corrected chi connectivity index (χ4v) is 3.81. The zero-order valence-corrected chi connectivity index (χ0v) is 19.6. The van der Waals surface area contributed by atoms with E-state index in [0.717, 1.165) is 64.2 Å². The summed E-state index contributed by atoms with van der Waals surface area (Å²) < 4.78 is 5.36. The Balaban J connectivity index is 2.39. The van der Waals surface area contributed by atoms with Crippen LogP contribution in [0.25, 0.3) is 0 Å². The summed E-state index contributed by atoms with van der Waals surface area (Å²) in [5, 5.41) is 2.98. The Labute approximate surface area is 188 Å². The number of nitrogens with zero attached hydrogens (tertiary/aromatic N) is 1. The molecule has 6 heteroatoms. The van der Waals surface area contributed by atoms with Gasteiger partial charge in [0.15, 0.2) is 0 Å². The molecule has 0 radical (unpaired) electrons. The third kappa shape index (κ3) is 9.59. The Morgan fingerprint density at radius 2 is 1.97 bits per heavy atom. The van der Waals surface area contributed by atoms with Crippen LogP contribution in [0.3, 0.4) is 0 Å². The Bertz CT molecular complexity index is 650. The molecule has 1 aliphatic heterocycles. The summed E-state index contributed by atoms with van der Waals surface area (Å²) in [4.78, 5) is 38.5. The van der Waals surface area contributed by atoms with Crippen molar-refractivity contribution in [2.24, 2.45) is 5.92 Å². The summed E-state index contributed by atoms with van der Waals surface area (Å²) in [6.45, 7) is 4.65. The number of terminal acetylenes is 1. The maximum atomic E-state index is 12.6. The van der Waals surface area contributed by atoms with Crippen LogP contribution in [0.2, 0.25) is 0 Å². The average Bonchev–Trinajstić information content (AvgIpc) is 3.08. The van der Waals surface area contributed by atoms with Crippen LogP contribution < -0.4 is 5.32 Å². The van der Waals surface area contributed by atoms with Crippen molar-refractivity contribution in [3.05, 3.63) is 11.8 Å². The molecule has 0 spiro atoms. The van der Waals surface area contributed by atoms with E-state index < -0.39 is 0 Å². The second-order valence-electron chi connectivity index (χ2n) is 8.32. The second-order valence-corrected chi connectivity index (χ2v) is 8.32. The minimum absolute atomic E-state index is 0.0194. The number of imide groups is 1. The minimum atomic E-state index is -0.332. The molecule has 1 N–H and O–H groups in total. The highest BCUT2D eigenvalue weighted by molar-refractivity contribution is 6.04. The zero-order valence-electron chi connectivity index (χ0n) is 19.6. The molecule has 0 aromatic carbocycles. The van der Waals surface area contributed by atoms with E-state index in [-0.39, 0.29) is 29.7 Å². The maximum Gasteiger partial charge on any atom is 0.257 e. The largest absolute Gasteiger partial charge is 0.499 e. The average molecular weight is 433 g/mol. The molecule has 1 rings (SSSR count). The highest BCUT2D eigenvalue weighted by Crippen LogP contribution is 2.26. The third-order valence-corrected chi connectivity index (χ3v) is 5.75. The fourth-order valence-electron chi connectivity index (χ4n) is 3.81. The molecule has 6 nitrogen and oxygen atoms in total. The van der Waals surface area contributed by atoms with Gasteiger partial charge in [-0.3, -0.25) is 19.3 Å². The number of carbonyl (C=O) groups excluding carboxylic acids is 3. The Morgan fingerprint density at radius 3 is 2.65 bits per heavy atom. The van der Waals surface area contributed by atoms with Crippen molar-refractivity contribution in [1.29, 1.82) is 0 Å². The predicted molar refractivity (Wildman–Crippen MR) is 123 cm³/mol. The van der Waals surface area contributed by atoms with E-state index in [9.17, 15) is 14.4 Å². The van der Waals surface area contributed by atoms with E-state index in [1.165, 1.54) is 18.1 Å². The minimum Gasteiger partial charge on any atom is -0.499 e. The van der Waals surface area contributed by atoms with Crippen LogP contribution >= 0.6 is 0 Å². The van der Waals surface area contributed by atoms with Crippen LogP contribution in [-0.4, -0.2) is 42.3 Å². The monoisotopic (exact) mass is 432 g/mol. The number of carbonyl (C=O) groups is 3. The molecule has 0 saturated carbocycles. The first kappa shape index (κ1) is 26.7. The molecule has 1 heterocycles. The summed E-state index contributed by atoms with van der Waals surface area (Å²) in [5.74, 6) is 2.81. The van der Waals surface area contributed by atoms with Crippen LogP contribution in [-0.2, 0) is 19.1 Å². The Kier molecular flexibility index (Phi) is 13.4. The smallest absolute Gasteiger partial charge is 0.257 e. The highest BCUT2D eigenvalue weighted by Gasteiger charge is 2.37. The molecule has 174 valence electrons. The van der Waals surface area contributed by atoms with Crippen molar-refractivity contribution in [2.75, 3.05) is 13.7 Å². The van der Waals surface area contributed by atoms with Gasteiger partial charge in [0.05, 0.1) is 13.2 Å². The summed E-state index contributed by atoms with van der Waals surface area (Å²) >= 11 is 0. The van der Waals surface area contributed by atoms with Gasteiger partial charge < -0.3 is 10.1 Å². The van der Waals surface area contributed by atoms with Gasteiger partial charge in [0.1, 0.15) is 5.76 Å². The van der Waals surface area contributed by atoms with Crippen LogP contribution in [0.4, 0.5) is 0 Å². The van der Waals surface area contributed by atoms with Crippen LogP contribution in [0.15, 0.2) is 11.8 Å². The molecule has 0 saturated heterocycles. The van der Waals surface area contributed by atoms with Crippen molar-refractivity contribution in [3.8, 4) is 12.3 Å². The van der Waals surface area contributed by atoms with Gasteiger partial charge in [0.25, 0.3) is 5.91 Å². The van der Waals surface area contributed by atoms with Gasteiger partial charge in [0.2, 0.25) is 11.8 Å². The number of rotatable bonds is 16. The van der Waals surface area contributed by atoms with E-state index in [4.69, 9.17) is 11.2 Å². The first-order chi connectivity index (χ1) is 15.0. The molecule has 1 unspecified atom stereocenters. The molecular formula is C25H40N2O4. The fraction of sp³-hybridized carbons (Fsp3) is 0.720. The number of ether oxygens (including phenoxy) is 1. The van der Waals surface area contributed by atoms with E-state index in [1.54, 1.807) is 0 Å². The SMILES string of the molecule is C#CCCCC[C@H](C)C(=O)NCCCCC1C(OC)=CC(=O)N1C(=O)CCCCCC. The molecule has 0 aromatic rings. The van der Waals surface area contributed by atoms with Gasteiger partial charge in [-0.2, -0.15) is 0 Å². The van der Waals surface area contributed by atoms with Crippen LogP contribution in [0.1, 0.15) is 90.9 Å². The summed E-state index contributed by atoms with van der Waals surface area (Å²) in [6.07, 6.45) is 16.8. The van der Waals surface area contributed by atoms with Crippen molar-refractivity contribution >= 4 is 17.7 Å². The molecule has 0 aliphatic carbocycles. The van der Waals surface area contributed by atoms with Crippen molar-refractivity contribution in [2.45, 2.75) is 96.9 Å². The molecule has 0 fully saturated rings. The van der Waals surface area contributed by atoms with Gasteiger partial charge in [0, 0.05) is 31.4 Å². The first-order valence-electron chi connectivity index (χ1n) is 11.8. The summed E-state index contributed by atoms with van der Waals surface area (Å²) in [6, 6.07) is -0.332. The Hall–Kier alpha value is -2.29. The lowest BCUT2D eigenvalue weighted by Gasteiger charge is -2.25. The second kappa shape index (κ2) is 15.5. The van der Waals surface area contributed by atoms with E-state index >= 15 is 0 Å². The summed E-state index contributed by atoms with van der Waals surface area (Å²) in [5.41, 5.74) is 0. The van der Waals surface area contributed by atoms with E-state index in [2.05, 4.69) is 18.2 Å². The molecule has 0 aromatic heterocycles. The molecule has 2 atom stereocenters. The lowest BCUT2D eigenvalue weighted by atomic mass is 10.0. The topological polar surface area (TPSA) is 75.7 Å². The zero-order chi connectivity index (χ0) is 23.1. The number of hydrogen-bond acceptors (Lipinski definition) is 4. The highest BCUT2D eigenvalue weighted by atomic mass is 16.5. The van der Waals surface area contributed by atoms with Crippen molar-refractivity contribution in [3.63, 3.8) is 0 Å². The van der Waals surface area contributed by atoms with E-state index in [1.807, 2.05) is 6.92 Å². The Morgan fingerprint density at radius 1 is 1.19 bits per heavy atom. The molecular weight excluding hydrogens is 392 g/mol. The third-order valence-electron chi connectivity index (χ3n) is 5.75. The van der Waals surface area contributed by atoms with Crippen LogP contribution in [0.5, 0.6) is 0 Å². The van der Waals surface area contributed by atoms with Crippen molar-refractivity contribution in [1.82, 2.24) is 10.2 Å². The maximum absolute atomic E-state index is 12.6. The van der Waals surface area contributed by atoms with Gasteiger partial charge in [-0.1, -0.05) is 39.5 Å². The number of methoxy groups -OCH3 is 1. The molecule has 0 bridgehead atoms. The summed E-state index contributed by atoms with van der Waals surface area (Å²) in [7, 11) is 1.53. The van der Waals surface area contributed by atoms with Crippen LogP contribution in [0, 0.1) is 18.3 Å². The van der Waals surface area contributed by atoms with Gasteiger partial charge >= 0.3 is 0 Å².